The molecule has 8 nitrogen and oxygen atoms in total. The van der Waals surface area contributed by atoms with Crippen LogP contribution in [0, 0.1) is 0 Å². The highest BCUT2D eigenvalue weighted by Crippen LogP contribution is 2.32. The van der Waals surface area contributed by atoms with E-state index in [1.165, 1.54) is 4.31 Å². The SMILES string of the molecule is O=S(=O)(NCc1ccnc(OCc2ccc3c(c2)OCO3)c1)N1CCCCC1. The largest absolute Gasteiger partial charge is 0.473 e. The number of aromatic nitrogens is 1. The molecular weight excluding hydrogens is 382 g/mol. The number of ether oxygens (including phenoxy) is 3. The molecule has 1 fully saturated rings. The summed E-state index contributed by atoms with van der Waals surface area (Å²) in [4.78, 5) is 4.20. The Hall–Kier alpha value is -2.36. The summed E-state index contributed by atoms with van der Waals surface area (Å²) in [5.41, 5.74) is 1.72. The summed E-state index contributed by atoms with van der Waals surface area (Å²) < 4.78 is 45.4. The molecule has 3 heterocycles. The first kappa shape index (κ1) is 19.0. The molecule has 0 saturated carbocycles. The van der Waals surface area contributed by atoms with E-state index in [0.717, 1.165) is 36.1 Å². The highest BCUT2D eigenvalue weighted by Gasteiger charge is 2.23. The molecular formula is C19H23N3O5S. The lowest BCUT2D eigenvalue weighted by molar-refractivity contribution is 0.174. The number of fused-ring (bicyclic) bond motifs is 1. The first-order valence-corrected chi connectivity index (χ1v) is 10.8. The van der Waals surface area contributed by atoms with E-state index in [1.807, 2.05) is 18.2 Å². The Balaban J connectivity index is 1.34. The third kappa shape index (κ3) is 4.54. The summed E-state index contributed by atoms with van der Waals surface area (Å²) in [5, 5.41) is 0. The topological polar surface area (TPSA) is 90.0 Å². The Bertz CT molecular complexity index is 929. The van der Waals surface area contributed by atoms with E-state index in [2.05, 4.69) is 9.71 Å². The third-order valence-electron chi connectivity index (χ3n) is 4.74. The fourth-order valence-electron chi connectivity index (χ4n) is 3.20. The number of nitrogens with zero attached hydrogens (tertiary/aromatic N) is 2. The number of rotatable bonds is 7. The molecule has 0 spiro atoms. The van der Waals surface area contributed by atoms with Gasteiger partial charge in [0.25, 0.3) is 10.2 Å². The normalized spacial score (nSPS) is 16.9. The van der Waals surface area contributed by atoms with Crippen LogP contribution in [0.15, 0.2) is 36.5 Å². The van der Waals surface area contributed by atoms with Crippen LogP contribution >= 0.6 is 0 Å². The molecule has 4 rings (SSSR count). The smallest absolute Gasteiger partial charge is 0.279 e. The summed E-state index contributed by atoms with van der Waals surface area (Å²) in [6.07, 6.45) is 4.52. The minimum atomic E-state index is -3.46. The van der Waals surface area contributed by atoms with Gasteiger partial charge in [-0.3, -0.25) is 0 Å². The fraction of sp³-hybridized carbons (Fsp3) is 0.421. The first-order chi connectivity index (χ1) is 13.6. The van der Waals surface area contributed by atoms with Gasteiger partial charge in [-0.1, -0.05) is 12.5 Å². The maximum absolute atomic E-state index is 12.4. The second kappa shape index (κ2) is 8.34. The van der Waals surface area contributed by atoms with Crippen molar-refractivity contribution in [3.05, 3.63) is 47.7 Å². The molecule has 1 N–H and O–H groups in total. The van der Waals surface area contributed by atoms with E-state index >= 15 is 0 Å². The monoisotopic (exact) mass is 405 g/mol. The van der Waals surface area contributed by atoms with Crippen molar-refractivity contribution in [1.29, 1.82) is 0 Å². The quantitative estimate of drug-likeness (QED) is 0.760. The van der Waals surface area contributed by atoms with Gasteiger partial charge in [0.2, 0.25) is 12.7 Å². The summed E-state index contributed by atoms with van der Waals surface area (Å²) in [6, 6.07) is 9.14. The van der Waals surface area contributed by atoms with Crippen LogP contribution in [-0.2, 0) is 23.4 Å². The van der Waals surface area contributed by atoms with Gasteiger partial charge in [-0.05, 0) is 42.2 Å². The van der Waals surface area contributed by atoms with Gasteiger partial charge in [-0.15, -0.1) is 0 Å². The number of piperidine rings is 1. The van der Waals surface area contributed by atoms with E-state index in [0.29, 0.717) is 31.3 Å². The molecule has 0 unspecified atom stereocenters. The molecule has 0 radical (unpaired) electrons. The zero-order chi connectivity index (χ0) is 19.4. The average molecular weight is 405 g/mol. The Kier molecular flexibility index (Phi) is 5.65. The van der Waals surface area contributed by atoms with Crippen LogP contribution in [-0.4, -0.2) is 37.6 Å². The van der Waals surface area contributed by atoms with Crippen LogP contribution in [0.25, 0.3) is 0 Å². The molecule has 9 heteroatoms. The van der Waals surface area contributed by atoms with Crippen molar-refractivity contribution in [2.45, 2.75) is 32.4 Å². The number of nitrogens with one attached hydrogen (secondary N) is 1. The molecule has 0 atom stereocenters. The standard InChI is InChI=1S/C19H23N3O5S/c23-28(24,22-8-2-1-3-9-22)21-12-15-6-7-20-19(11-15)25-13-16-4-5-17-18(10-16)27-14-26-17/h4-7,10-11,21H,1-3,8-9,12-14H2. The van der Waals surface area contributed by atoms with Crippen molar-refractivity contribution >= 4 is 10.2 Å². The number of hydrogen-bond donors (Lipinski definition) is 1. The van der Waals surface area contributed by atoms with Gasteiger partial charge >= 0.3 is 0 Å². The van der Waals surface area contributed by atoms with E-state index in [4.69, 9.17) is 14.2 Å². The first-order valence-electron chi connectivity index (χ1n) is 9.31. The molecule has 1 saturated heterocycles. The van der Waals surface area contributed by atoms with Crippen molar-refractivity contribution < 1.29 is 22.6 Å². The predicted molar refractivity (Wildman–Crippen MR) is 102 cm³/mol. The van der Waals surface area contributed by atoms with Crippen LogP contribution in [0.3, 0.4) is 0 Å². The Labute approximate surface area is 164 Å². The van der Waals surface area contributed by atoms with Gasteiger partial charge in [0, 0.05) is 31.9 Å². The Morgan fingerprint density at radius 1 is 1.04 bits per heavy atom. The number of benzene rings is 1. The molecule has 0 bridgehead atoms. The number of hydrogen-bond acceptors (Lipinski definition) is 6. The highest BCUT2D eigenvalue weighted by atomic mass is 32.2. The zero-order valence-corrected chi connectivity index (χ0v) is 16.3. The van der Waals surface area contributed by atoms with Crippen molar-refractivity contribution in [2.24, 2.45) is 0 Å². The molecule has 1 aromatic carbocycles. The van der Waals surface area contributed by atoms with E-state index in [9.17, 15) is 8.42 Å². The van der Waals surface area contributed by atoms with Gasteiger partial charge < -0.3 is 14.2 Å². The second-order valence-electron chi connectivity index (χ2n) is 6.76. The van der Waals surface area contributed by atoms with Crippen LogP contribution < -0.4 is 18.9 Å². The van der Waals surface area contributed by atoms with Gasteiger partial charge in [0.15, 0.2) is 11.5 Å². The fourth-order valence-corrected chi connectivity index (χ4v) is 4.47. The molecule has 150 valence electrons. The van der Waals surface area contributed by atoms with Gasteiger partial charge in [0.1, 0.15) is 6.61 Å². The van der Waals surface area contributed by atoms with Crippen LogP contribution in [0.5, 0.6) is 17.4 Å². The van der Waals surface area contributed by atoms with Gasteiger partial charge in [-0.25, -0.2) is 4.98 Å². The van der Waals surface area contributed by atoms with E-state index in [1.54, 1.807) is 18.3 Å². The van der Waals surface area contributed by atoms with Crippen LogP contribution in [0.4, 0.5) is 0 Å². The zero-order valence-electron chi connectivity index (χ0n) is 15.5. The maximum Gasteiger partial charge on any atom is 0.279 e. The molecule has 0 amide bonds. The van der Waals surface area contributed by atoms with Gasteiger partial charge in [-0.2, -0.15) is 17.4 Å². The minimum absolute atomic E-state index is 0.196. The predicted octanol–water partition coefficient (Wildman–Crippen LogP) is 2.21. The summed E-state index contributed by atoms with van der Waals surface area (Å²) in [7, 11) is -3.46. The van der Waals surface area contributed by atoms with Crippen molar-refractivity contribution in [2.75, 3.05) is 19.9 Å². The van der Waals surface area contributed by atoms with E-state index in [-0.39, 0.29) is 13.3 Å². The average Bonchev–Trinajstić information content (AvgIpc) is 3.20. The summed E-state index contributed by atoms with van der Waals surface area (Å²) in [6.45, 7) is 1.91. The summed E-state index contributed by atoms with van der Waals surface area (Å²) >= 11 is 0. The second-order valence-corrected chi connectivity index (χ2v) is 8.52. The number of pyridine rings is 1. The Morgan fingerprint density at radius 2 is 1.86 bits per heavy atom. The molecule has 1 aromatic heterocycles. The molecule has 2 aliphatic heterocycles. The Morgan fingerprint density at radius 3 is 2.71 bits per heavy atom. The molecule has 2 aromatic rings. The van der Waals surface area contributed by atoms with Crippen molar-refractivity contribution in [3.8, 4) is 17.4 Å². The van der Waals surface area contributed by atoms with E-state index < -0.39 is 10.2 Å². The summed E-state index contributed by atoms with van der Waals surface area (Å²) in [5.74, 6) is 1.87. The minimum Gasteiger partial charge on any atom is -0.473 e. The lowest BCUT2D eigenvalue weighted by atomic mass is 10.2. The van der Waals surface area contributed by atoms with Crippen molar-refractivity contribution in [1.82, 2.24) is 14.0 Å². The molecule has 2 aliphatic rings. The lowest BCUT2D eigenvalue weighted by Crippen LogP contribution is -2.43. The highest BCUT2D eigenvalue weighted by molar-refractivity contribution is 7.87. The van der Waals surface area contributed by atoms with Crippen molar-refractivity contribution in [3.63, 3.8) is 0 Å². The van der Waals surface area contributed by atoms with Crippen LogP contribution in [0.2, 0.25) is 0 Å². The maximum atomic E-state index is 12.4. The molecule has 0 aliphatic carbocycles. The van der Waals surface area contributed by atoms with Crippen LogP contribution in [0.1, 0.15) is 30.4 Å². The molecule has 28 heavy (non-hydrogen) atoms. The van der Waals surface area contributed by atoms with Gasteiger partial charge in [0.05, 0.1) is 0 Å². The third-order valence-corrected chi connectivity index (χ3v) is 6.29. The lowest BCUT2D eigenvalue weighted by Gasteiger charge is -2.25.